The van der Waals surface area contributed by atoms with Gasteiger partial charge in [-0.3, -0.25) is 0 Å². The molecule has 14 heavy (non-hydrogen) atoms. The highest BCUT2D eigenvalue weighted by Gasteiger charge is 2.37. The molecule has 0 aromatic carbocycles. The molecule has 0 aromatic rings. The zero-order valence-electron chi connectivity index (χ0n) is 9.55. The van der Waals surface area contributed by atoms with E-state index in [-0.39, 0.29) is 0 Å². The van der Waals surface area contributed by atoms with Crippen LogP contribution in [0.4, 0.5) is 0 Å². The van der Waals surface area contributed by atoms with Gasteiger partial charge >= 0.3 is 0 Å². The van der Waals surface area contributed by atoms with E-state index >= 15 is 0 Å². The first-order valence-corrected chi connectivity index (χ1v) is 5.37. The van der Waals surface area contributed by atoms with E-state index in [0.717, 1.165) is 18.4 Å². The molecular formula is C12H22O2. The third-order valence-corrected chi connectivity index (χ3v) is 3.15. The molecule has 0 saturated heterocycles. The Kier molecular flexibility index (Phi) is 3.73. The van der Waals surface area contributed by atoms with Gasteiger partial charge in [-0.25, -0.2) is 0 Å². The lowest BCUT2D eigenvalue weighted by molar-refractivity contribution is -0.00883. The van der Waals surface area contributed by atoms with Gasteiger partial charge in [-0.2, -0.15) is 0 Å². The van der Waals surface area contributed by atoms with Crippen LogP contribution in [0.5, 0.6) is 0 Å². The molecule has 0 heterocycles. The van der Waals surface area contributed by atoms with Crippen molar-refractivity contribution in [3.05, 3.63) is 12.2 Å². The van der Waals surface area contributed by atoms with Crippen molar-refractivity contribution in [1.29, 1.82) is 0 Å². The number of methoxy groups -OCH3 is 1. The molecule has 0 spiro atoms. The number of rotatable bonds is 3. The second kappa shape index (κ2) is 4.45. The van der Waals surface area contributed by atoms with Gasteiger partial charge in [-0.1, -0.05) is 20.4 Å². The van der Waals surface area contributed by atoms with Gasteiger partial charge in [0.05, 0.1) is 12.2 Å². The van der Waals surface area contributed by atoms with Crippen LogP contribution in [0.1, 0.15) is 33.1 Å². The van der Waals surface area contributed by atoms with Crippen LogP contribution in [0.25, 0.3) is 0 Å². The van der Waals surface area contributed by atoms with Crippen molar-refractivity contribution in [3.63, 3.8) is 0 Å². The Balaban J connectivity index is 2.67. The first kappa shape index (κ1) is 11.7. The summed E-state index contributed by atoms with van der Waals surface area (Å²) < 4.78 is 5.03. The Morgan fingerprint density at radius 1 is 1.43 bits per heavy atom. The van der Waals surface area contributed by atoms with Crippen LogP contribution >= 0.6 is 0 Å². The molecule has 1 aliphatic carbocycles. The molecule has 2 nitrogen and oxygen atoms in total. The van der Waals surface area contributed by atoms with E-state index in [0.29, 0.717) is 18.4 Å². The summed E-state index contributed by atoms with van der Waals surface area (Å²) in [5.74, 6) is 1.16. The second-order valence-electron chi connectivity index (χ2n) is 4.92. The number of hydrogen-bond donors (Lipinski definition) is 1. The third kappa shape index (κ3) is 2.58. The van der Waals surface area contributed by atoms with Crippen molar-refractivity contribution < 1.29 is 9.84 Å². The quantitative estimate of drug-likeness (QED) is 0.705. The topological polar surface area (TPSA) is 29.5 Å². The molecule has 1 N–H and O–H groups in total. The monoisotopic (exact) mass is 198 g/mol. The first-order valence-electron chi connectivity index (χ1n) is 5.37. The largest absolute Gasteiger partial charge is 0.385 e. The lowest BCUT2D eigenvalue weighted by atomic mass is 9.71. The summed E-state index contributed by atoms with van der Waals surface area (Å²) in [4.78, 5) is 0. The Hall–Kier alpha value is -0.340. The van der Waals surface area contributed by atoms with Crippen molar-refractivity contribution in [2.24, 2.45) is 11.8 Å². The molecule has 1 fully saturated rings. The van der Waals surface area contributed by atoms with Gasteiger partial charge in [0.15, 0.2) is 0 Å². The van der Waals surface area contributed by atoms with Crippen molar-refractivity contribution >= 4 is 0 Å². The standard InChI is InChI=1S/C12H22O2/c1-9-5-10(2)7-12(13,6-9)11(3)8-14-4/h9-10,13H,3,5-8H2,1-2,4H3. The van der Waals surface area contributed by atoms with Crippen LogP contribution in [0.3, 0.4) is 0 Å². The summed E-state index contributed by atoms with van der Waals surface area (Å²) in [6, 6.07) is 0. The Bertz CT molecular complexity index is 200. The van der Waals surface area contributed by atoms with Gasteiger partial charge in [0, 0.05) is 7.11 Å². The lowest BCUT2D eigenvalue weighted by Crippen LogP contribution is -2.40. The maximum absolute atomic E-state index is 10.4. The fraction of sp³-hybridized carbons (Fsp3) is 0.833. The molecule has 1 rings (SSSR count). The van der Waals surface area contributed by atoms with Crippen LogP contribution in [0.15, 0.2) is 12.2 Å². The molecule has 0 aliphatic heterocycles. The zero-order valence-corrected chi connectivity index (χ0v) is 9.55. The van der Waals surface area contributed by atoms with E-state index in [1.807, 2.05) is 0 Å². The van der Waals surface area contributed by atoms with Gasteiger partial charge in [0.25, 0.3) is 0 Å². The minimum Gasteiger partial charge on any atom is -0.385 e. The molecule has 0 aromatic heterocycles. The average molecular weight is 198 g/mol. The van der Waals surface area contributed by atoms with E-state index in [9.17, 15) is 5.11 Å². The highest BCUT2D eigenvalue weighted by atomic mass is 16.5. The summed E-state index contributed by atoms with van der Waals surface area (Å²) in [5, 5.41) is 10.4. The molecule has 0 radical (unpaired) electrons. The second-order valence-corrected chi connectivity index (χ2v) is 4.92. The fourth-order valence-corrected chi connectivity index (χ4v) is 2.69. The van der Waals surface area contributed by atoms with Crippen molar-refractivity contribution in [2.45, 2.75) is 38.7 Å². The fourth-order valence-electron chi connectivity index (χ4n) is 2.69. The first-order chi connectivity index (χ1) is 6.48. The average Bonchev–Trinajstić information content (AvgIpc) is 2.01. The van der Waals surface area contributed by atoms with Crippen molar-refractivity contribution in [1.82, 2.24) is 0 Å². The zero-order chi connectivity index (χ0) is 10.8. The summed E-state index contributed by atoms with van der Waals surface area (Å²) in [6.45, 7) is 8.79. The SMILES string of the molecule is C=C(COC)C1(O)CC(C)CC(C)C1. The normalized spacial score (nSPS) is 38.3. The predicted molar refractivity (Wildman–Crippen MR) is 58.1 cm³/mol. The molecule has 2 atom stereocenters. The molecular weight excluding hydrogens is 176 g/mol. The maximum atomic E-state index is 10.4. The smallest absolute Gasteiger partial charge is 0.0881 e. The Morgan fingerprint density at radius 2 is 1.93 bits per heavy atom. The number of ether oxygens (including phenoxy) is 1. The summed E-state index contributed by atoms with van der Waals surface area (Å²) in [5.41, 5.74) is 0.144. The molecule has 2 heteroatoms. The van der Waals surface area contributed by atoms with Crippen LogP contribution in [0.2, 0.25) is 0 Å². The highest BCUT2D eigenvalue weighted by Crippen LogP contribution is 2.39. The summed E-state index contributed by atoms with van der Waals surface area (Å²) in [7, 11) is 1.64. The van der Waals surface area contributed by atoms with Crippen molar-refractivity contribution in [2.75, 3.05) is 13.7 Å². The van der Waals surface area contributed by atoms with Gasteiger partial charge in [0.1, 0.15) is 0 Å². The predicted octanol–water partition coefficient (Wildman–Crippen LogP) is 2.38. The van der Waals surface area contributed by atoms with Crippen LogP contribution in [-0.4, -0.2) is 24.4 Å². The van der Waals surface area contributed by atoms with E-state index < -0.39 is 5.60 Å². The van der Waals surface area contributed by atoms with Gasteiger partial charge < -0.3 is 9.84 Å². The highest BCUT2D eigenvalue weighted by molar-refractivity contribution is 5.15. The Morgan fingerprint density at radius 3 is 2.36 bits per heavy atom. The van der Waals surface area contributed by atoms with E-state index in [4.69, 9.17) is 4.74 Å². The van der Waals surface area contributed by atoms with Crippen LogP contribution in [0, 0.1) is 11.8 Å². The van der Waals surface area contributed by atoms with Gasteiger partial charge in [0.2, 0.25) is 0 Å². The molecule has 2 unspecified atom stereocenters. The summed E-state index contributed by atoms with van der Waals surface area (Å²) >= 11 is 0. The minimum absolute atomic E-state index is 0.468. The van der Waals surface area contributed by atoms with Crippen LogP contribution < -0.4 is 0 Å². The van der Waals surface area contributed by atoms with Gasteiger partial charge in [-0.05, 0) is 36.7 Å². The summed E-state index contributed by atoms with van der Waals surface area (Å²) in [6.07, 6.45) is 2.88. The molecule has 82 valence electrons. The maximum Gasteiger partial charge on any atom is 0.0881 e. The minimum atomic E-state index is -0.687. The number of hydrogen-bond acceptors (Lipinski definition) is 2. The molecule has 0 bridgehead atoms. The molecule has 1 saturated carbocycles. The molecule has 1 aliphatic rings. The van der Waals surface area contributed by atoms with Gasteiger partial charge in [-0.15, -0.1) is 0 Å². The Labute approximate surface area is 87.0 Å². The van der Waals surface area contributed by atoms with E-state index in [1.165, 1.54) is 6.42 Å². The van der Waals surface area contributed by atoms with E-state index in [2.05, 4.69) is 20.4 Å². The lowest BCUT2D eigenvalue weighted by Gasteiger charge is -2.40. The molecule has 0 amide bonds. The van der Waals surface area contributed by atoms with Crippen LogP contribution in [-0.2, 0) is 4.74 Å². The van der Waals surface area contributed by atoms with Crippen molar-refractivity contribution in [3.8, 4) is 0 Å². The number of aliphatic hydroxyl groups is 1. The van der Waals surface area contributed by atoms with E-state index in [1.54, 1.807) is 7.11 Å². The third-order valence-electron chi connectivity index (χ3n) is 3.15.